The molecule has 146 valence electrons. The number of hydrogen-bond acceptors (Lipinski definition) is 3. The van der Waals surface area contributed by atoms with Crippen molar-refractivity contribution in [2.24, 2.45) is 0 Å². The van der Waals surface area contributed by atoms with Crippen LogP contribution < -0.4 is 10.6 Å². The van der Waals surface area contributed by atoms with E-state index in [0.717, 1.165) is 36.3 Å². The van der Waals surface area contributed by atoms with Gasteiger partial charge in [0.15, 0.2) is 0 Å². The molecule has 0 radical (unpaired) electrons. The number of carbonyl (C=O) groups is 1. The number of nitrogens with one attached hydrogen (secondary N) is 3. The Hall–Kier alpha value is -3.60. The Balaban J connectivity index is 1.24. The van der Waals surface area contributed by atoms with Crippen LogP contribution in [0.1, 0.15) is 17.5 Å². The van der Waals surface area contributed by atoms with Gasteiger partial charge < -0.3 is 15.6 Å². The standard InChI is InChI=1S/C24H24N4O/c29-24(13-10-18-6-2-1-3-7-18)28-20-11-12-23(27-17-20)25-15-14-19-16-26-22-9-5-4-8-21(19)22/h1-9,11-12,16-17,26H,10,13-15H2,(H,25,27)(H,28,29). The fourth-order valence-corrected chi connectivity index (χ4v) is 3.36. The SMILES string of the molecule is O=C(CCc1ccccc1)Nc1ccc(NCCc2c[nH]c3ccccc23)nc1. The van der Waals surface area contributed by atoms with Crippen molar-refractivity contribution in [3.8, 4) is 0 Å². The number of anilines is 2. The van der Waals surface area contributed by atoms with E-state index in [1.165, 1.54) is 10.9 Å². The second kappa shape index (κ2) is 9.06. The van der Waals surface area contributed by atoms with Gasteiger partial charge in [-0.25, -0.2) is 4.98 Å². The average Bonchev–Trinajstić information content (AvgIpc) is 3.17. The molecule has 4 aromatic rings. The molecule has 2 aromatic carbocycles. The van der Waals surface area contributed by atoms with Crippen molar-refractivity contribution in [3.63, 3.8) is 0 Å². The molecule has 0 saturated carbocycles. The lowest BCUT2D eigenvalue weighted by molar-refractivity contribution is -0.116. The third-order valence-corrected chi connectivity index (χ3v) is 4.91. The Morgan fingerprint density at radius 1 is 0.931 bits per heavy atom. The molecule has 0 unspecified atom stereocenters. The van der Waals surface area contributed by atoms with Crippen molar-refractivity contribution in [1.82, 2.24) is 9.97 Å². The summed E-state index contributed by atoms with van der Waals surface area (Å²) in [5.74, 6) is 0.794. The van der Waals surface area contributed by atoms with Crippen LogP contribution in [0.25, 0.3) is 10.9 Å². The molecule has 0 spiro atoms. The Morgan fingerprint density at radius 3 is 2.59 bits per heavy atom. The first-order valence-corrected chi connectivity index (χ1v) is 9.86. The predicted molar refractivity (Wildman–Crippen MR) is 118 cm³/mol. The Kier molecular flexibility index (Phi) is 5.86. The highest BCUT2D eigenvalue weighted by Gasteiger charge is 2.05. The van der Waals surface area contributed by atoms with Gasteiger partial charge in [-0.15, -0.1) is 0 Å². The summed E-state index contributed by atoms with van der Waals surface area (Å²) in [5.41, 5.74) is 4.32. The summed E-state index contributed by atoms with van der Waals surface area (Å²) < 4.78 is 0. The second-order valence-corrected chi connectivity index (χ2v) is 7.00. The van der Waals surface area contributed by atoms with Crippen molar-refractivity contribution in [3.05, 3.63) is 90.3 Å². The van der Waals surface area contributed by atoms with Gasteiger partial charge in [0.25, 0.3) is 0 Å². The van der Waals surface area contributed by atoms with Gasteiger partial charge in [-0.2, -0.15) is 0 Å². The molecule has 2 aromatic heterocycles. The number of aromatic amines is 1. The van der Waals surface area contributed by atoms with E-state index in [-0.39, 0.29) is 5.91 Å². The molecule has 1 amide bonds. The third-order valence-electron chi connectivity index (χ3n) is 4.91. The number of H-pyrrole nitrogens is 1. The predicted octanol–water partition coefficient (Wildman–Crippen LogP) is 4.79. The van der Waals surface area contributed by atoms with Crippen LogP contribution >= 0.6 is 0 Å². The first-order valence-electron chi connectivity index (χ1n) is 9.86. The van der Waals surface area contributed by atoms with Crippen molar-refractivity contribution in [2.45, 2.75) is 19.3 Å². The molecule has 0 saturated heterocycles. The molecule has 5 nitrogen and oxygen atoms in total. The number of fused-ring (bicyclic) bond motifs is 1. The number of aryl methyl sites for hydroxylation is 1. The minimum absolute atomic E-state index is 0.00398. The molecule has 5 heteroatoms. The minimum Gasteiger partial charge on any atom is -0.370 e. The summed E-state index contributed by atoms with van der Waals surface area (Å²) in [6.07, 6.45) is 5.84. The number of aromatic nitrogens is 2. The quantitative estimate of drug-likeness (QED) is 0.409. The first-order chi connectivity index (χ1) is 14.3. The number of amides is 1. The average molecular weight is 384 g/mol. The van der Waals surface area contributed by atoms with Crippen LogP contribution in [0.3, 0.4) is 0 Å². The van der Waals surface area contributed by atoms with E-state index >= 15 is 0 Å². The monoisotopic (exact) mass is 384 g/mol. The van der Waals surface area contributed by atoms with Crippen molar-refractivity contribution in [2.75, 3.05) is 17.2 Å². The van der Waals surface area contributed by atoms with Gasteiger partial charge in [0, 0.05) is 30.1 Å². The van der Waals surface area contributed by atoms with Crippen LogP contribution in [-0.4, -0.2) is 22.4 Å². The zero-order chi connectivity index (χ0) is 19.9. The summed E-state index contributed by atoms with van der Waals surface area (Å²) in [6, 6.07) is 22.1. The topological polar surface area (TPSA) is 69.8 Å². The van der Waals surface area contributed by atoms with Gasteiger partial charge in [0.05, 0.1) is 11.9 Å². The molecule has 2 heterocycles. The van der Waals surface area contributed by atoms with E-state index in [4.69, 9.17) is 0 Å². The van der Waals surface area contributed by atoms with E-state index in [1.807, 2.05) is 48.5 Å². The third kappa shape index (κ3) is 5.02. The van der Waals surface area contributed by atoms with Crippen LogP contribution in [0.5, 0.6) is 0 Å². The van der Waals surface area contributed by atoms with Gasteiger partial charge in [0.1, 0.15) is 5.82 Å². The van der Waals surface area contributed by atoms with Crippen LogP contribution in [0.2, 0.25) is 0 Å². The highest BCUT2D eigenvalue weighted by molar-refractivity contribution is 5.90. The number of hydrogen-bond donors (Lipinski definition) is 3. The minimum atomic E-state index is -0.00398. The lowest BCUT2D eigenvalue weighted by Crippen LogP contribution is -2.13. The van der Waals surface area contributed by atoms with Crippen LogP contribution in [0.4, 0.5) is 11.5 Å². The van der Waals surface area contributed by atoms with Crippen molar-refractivity contribution >= 4 is 28.3 Å². The largest absolute Gasteiger partial charge is 0.370 e. The van der Waals surface area contributed by atoms with Crippen LogP contribution in [-0.2, 0) is 17.6 Å². The molecular weight excluding hydrogens is 360 g/mol. The molecular formula is C24H24N4O. The Labute approximate surface area is 170 Å². The number of pyridine rings is 1. The summed E-state index contributed by atoms with van der Waals surface area (Å²) in [5, 5.41) is 7.50. The summed E-state index contributed by atoms with van der Waals surface area (Å²) >= 11 is 0. The first kappa shape index (κ1) is 18.7. The van der Waals surface area contributed by atoms with E-state index in [9.17, 15) is 4.79 Å². The van der Waals surface area contributed by atoms with Gasteiger partial charge in [0.2, 0.25) is 5.91 Å². The maximum atomic E-state index is 12.1. The molecule has 0 aliphatic heterocycles. The molecule has 0 bridgehead atoms. The molecule has 0 atom stereocenters. The summed E-state index contributed by atoms with van der Waals surface area (Å²) in [6.45, 7) is 0.789. The van der Waals surface area contributed by atoms with Crippen molar-refractivity contribution < 1.29 is 4.79 Å². The fourth-order valence-electron chi connectivity index (χ4n) is 3.36. The van der Waals surface area contributed by atoms with Gasteiger partial charge >= 0.3 is 0 Å². The fraction of sp³-hybridized carbons (Fsp3) is 0.167. The number of para-hydroxylation sites is 1. The maximum Gasteiger partial charge on any atom is 0.224 e. The van der Waals surface area contributed by atoms with E-state index < -0.39 is 0 Å². The number of benzene rings is 2. The highest BCUT2D eigenvalue weighted by Crippen LogP contribution is 2.18. The van der Waals surface area contributed by atoms with Gasteiger partial charge in [-0.05, 0) is 42.2 Å². The van der Waals surface area contributed by atoms with E-state index in [0.29, 0.717) is 12.1 Å². The lowest BCUT2D eigenvalue weighted by atomic mass is 10.1. The maximum absolute atomic E-state index is 12.1. The number of rotatable bonds is 8. The van der Waals surface area contributed by atoms with Crippen LogP contribution in [0, 0.1) is 0 Å². The molecule has 0 aliphatic rings. The second-order valence-electron chi connectivity index (χ2n) is 7.00. The zero-order valence-corrected chi connectivity index (χ0v) is 16.2. The summed E-state index contributed by atoms with van der Waals surface area (Å²) in [4.78, 5) is 19.8. The lowest BCUT2D eigenvalue weighted by Gasteiger charge is -2.08. The smallest absolute Gasteiger partial charge is 0.224 e. The highest BCUT2D eigenvalue weighted by atomic mass is 16.1. The Morgan fingerprint density at radius 2 is 1.76 bits per heavy atom. The molecule has 29 heavy (non-hydrogen) atoms. The van der Waals surface area contributed by atoms with Crippen molar-refractivity contribution in [1.29, 1.82) is 0 Å². The zero-order valence-electron chi connectivity index (χ0n) is 16.2. The number of nitrogens with zero attached hydrogens (tertiary/aromatic N) is 1. The number of carbonyl (C=O) groups excluding carboxylic acids is 1. The van der Waals surface area contributed by atoms with Crippen LogP contribution in [0.15, 0.2) is 79.1 Å². The summed E-state index contributed by atoms with van der Waals surface area (Å²) in [7, 11) is 0. The molecule has 4 rings (SSSR count). The van der Waals surface area contributed by atoms with Gasteiger partial charge in [-0.3, -0.25) is 4.79 Å². The van der Waals surface area contributed by atoms with E-state index in [1.54, 1.807) is 6.20 Å². The van der Waals surface area contributed by atoms with E-state index in [2.05, 4.69) is 45.0 Å². The van der Waals surface area contributed by atoms with Gasteiger partial charge in [-0.1, -0.05) is 48.5 Å². The molecule has 0 fully saturated rings. The Bertz CT molecular complexity index is 1070. The molecule has 3 N–H and O–H groups in total. The molecule has 0 aliphatic carbocycles. The normalized spacial score (nSPS) is 10.8.